The van der Waals surface area contributed by atoms with Crippen LogP contribution in [0.1, 0.15) is 14.9 Å². The standard InChI is InChI=1S/C4H5N.2CH4.B/c1-2-4-5-3-1;;;/h1-3H,4H2;2*1H4;. The molecule has 1 aliphatic rings. The molecule has 0 spiro atoms. The van der Waals surface area contributed by atoms with Crippen LogP contribution in [0.4, 0.5) is 0 Å². The molecule has 1 heterocycles. The van der Waals surface area contributed by atoms with Crippen LogP contribution in [0.15, 0.2) is 17.1 Å². The molecule has 1 aliphatic heterocycles. The van der Waals surface area contributed by atoms with Gasteiger partial charge in [-0.1, -0.05) is 20.9 Å². The molecule has 0 saturated carbocycles. The molecule has 0 unspecified atom stereocenters. The minimum Gasteiger partial charge on any atom is -0.289 e. The largest absolute Gasteiger partial charge is 0.289 e. The van der Waals surface area contributed by atoms with Crippen LogP contribution in [-0.4, -0.2) is 21.2 Å². The molecule has 0 N–H and O–H groups in total. The molecule has 8 heavy (non-hydrogen) atoms. The summed E-state index contributed by atoms with van der Waals surface area (Å²) in [6, 6.07) is 0. The number of nitrogens with zero attached hydrogens (tertiary/aromatic N) is 1. The van der Waals surface area contributed by atoms with E-state index in [1.807, 2.05) is 12.2 Å². The number of hydrogen-bond donors (Lipinski definition) is 0. The number of rotatable bonds is 0. The monoisotopic (exact) mass is 110 g/mol. The van der Waals surface area contributed by atoms with Crippen molar-refractivity contribution < 1.29 is 0 Å². The summed E-state index contributed by atoms with van der Waals surface area (Å²) in [7, 11) is 0. The molecule has 3 radical (unpaired) electrons. The predicted octanol–water partition coefficient (Wildman–Crippen LogP) is 1.52. The summed E-state index contributed by atoms with van der Waals surface area (Å²) in [4.78, 5) is 3.85. The van der Waals surface area contributed by atoms with Crippen LogP contribution in [0.3, 0.4) is 0 Å². The highest BCUT2D eigenvalue weighted by Crippen LogP contribution is 1.78. The highest BCUT2D eigenvalue weighted by atomic mass is 14.7. The zero-order chi connectivity index (χ0) is 3.54. The third-order valence-corrected chi connectivity index (χ3v) is 0.538. The quantitative estimate of drug-likeness (QED) is 0.419. The molecular formula is C6H13BN. The van der Waals surface area contributed by atoms with Crippen molar-refractivity contribution in [3.63, 3.8) is 0 Å². The second kappa shape index (κ2) is 9.69. The summed E-state index contributed by atoms with van der Waals surface area (Å²) in [5.74, 6) is 0. The van der Waals surface area contributed by atoms with E-state index in [0.29, 0.717) is 0 Å². The van der Waals surface area contributed by atoms with E-state index in [9.17, 15) is 0 Å². The van der Waals surface area contributed by atoms with Crippen molar-refractivity contribution in [1.29, 1.82) is 0 Å². The van der Waals surface area contributed by atoms with E-state index < -0.39 is 0 Å². The van der Waals surface area contributed by atoms with E-state index in [2.05, 4.69) is 4.99 Å². The van der Waals surface area contributed by atoms with Crippen LogP contribution in [0.5, 0.6) is 0 Å². The van der Waals surface area contributed by atoms with Crippen molar-refractivity contribution in [2.24, 2.45) is 4.99 Å². The average molecular weight is 110 g/mol. The van der Waals surface area contributed by atoms with Gasteiger partial charge in [-0.2, -0.15) is 0 Å². The Morgan fingerprint density at radius 3 is 2.00 bits per heavy atom. The lowest BCUT2D eigenvalue weighted by molar-refractivity contribution is 1.29. The lowest BCUT2D eigenvalue weighted by Crippen LogP contribution is -1.54. The van der Waals surface area contributed by atoms with Gasteiger partial charge in [-0.25, -0.2) is 0 Å². The predicted molar refractivity (Wildman–Crippen MR) is 41.7 cm³/mol. The third kappa shape index (κ3) is 5.47. The molecule has 0 saturated heterocycles. The first-order valence-electron chi connectivity index (χ1n) is 1.65. The van der Waals surface area contributed by atoms with Gasteiger partial charge in [0.1, 0.15) is 0 Å². The number of hydrogen-bond acceptors (Lipinski definition) is 1. The SMILES string of the molecule is C.C.C1=CCN=C1.[B]. The first-order chi connectivity index (χ1) is 2.50. The zero-order valence-corrected chi connectivity index (χ0v) is 3.46. The Kier molecular flexibility index (Phi) is 19.0. The molecule has 0 aliphatic carbocycles. The van der Waals surface area contributed by atoms with E-state index in [0.717, 1.165) is 6.54 Å². The molecule has 1 nitrogen and oxygen atoms in total. The van der Waals surface area contributed by atoms with Gasteiger partial charge in [0.15, 0.2) is 0 Å². The topological polar surface area (TPSA) is 12.4 Å². The fourth-order valence-corrected chi connectivity index (χ4v) is 0.304. The summed E-state index contributed by atoms with van der Waals surface area (Å²) in [5.41, 5.74) is 0. The van der Waals surface area contributed by atoms with Crippen molar-refractivity contribution in [2.45, 2.75) is 14.9 Å². The number of aliphatic imine (C=N–C) groups is 1. The van der Waals surface area contributed by atoms with Crippen molar-refractivity contribution in [3.05, 3.63) is 12.2 Å². The Labute approximate surface area is 54.1 Å². The molecule has 0 amide bonds. The van der Waals surface area contributed by atoms with Crippen LogP contribution in [-0.2, 0) is 0 Å². The lowest BCUT2D eigenvalue weighted by atomic mass is 10.6. The molecule has 2 heteroatoms. The van der Waals surface area contributed by atoms with E-state index in [-0.39, 0.29) is 23.3 Å². The molecule has 0 aromatic heterocycles. The molecule has 0 aromatic rings. The Balaban J connectivity index is -0.0000000833. The Morgan fingerprint density at radius 1 is 1.25 bits per heavy atom. The smallest absolute Gasteiger partial charge is 0.0573 e. The summed E-state index contributed by atoms with van der Waals surface area (Å²) >= 11 is 0. The first kappa shape index (κ1) is 15.6. The normalized spacial score (nSPS) is 11.0. The Morgan fingerprint density at radius 2 is 1.88 bits per heavy atom. The summed E-state index contributed by atoms with van der Waals surface area (Å²) < 4.78 is 0. The van der Waals surface area contributed by atoms with Gasteiger partial charge in [0.2, 0.25) is 0 Å². The molecule has 0 aromatic carbocycles. The van der Waals surface area contributed by atoms with Crippen molar-refractivity contribution >= 4 is 14.6 Å². The van der Waals surface area contributed by atoms with Crippen molar-refractivity contribution in [3.8, 4) is 0 Å². The second-order valence-electron chi connectivity index (χ2n) is 0.942. The fourth-order valence-electron chi connectivity index (χ4n) is 0.304. The molecular weight excluding hydrogens is 96.9 g/mol. The van der Waals surface area contributed by atoms with E-state index in [1.54, 1.807) is 6.21 Å². The van der Waals surface area contributed by atoms with E-state index >= 15 is 0 Å². The van der Waals surface area contributed by atoms with Crippen LogP contribution in [0.25, 0.3) is 0 Å². The molecule has 0 atom stereocenters. The molecule has 1 rings (SSSR count). The maximum Gasteiger partial charge on any atom is 0.0573 e. The lowest BCUT2D eigenvalue weighted by Gasteiger charge is -1.60. The van der Waals surface area contributed by atoms with Crippen LogP contribution in [0.2, 0.25) is 0 Å². The second-order valence-corrected chi connectivity index (χ2v) is 0.942. The van der Waals surface area contributed by atoms with Gasteiger partial charge >= 0.3 is 0 Å². The van der Waals surface area contributed by atoms with Gasteiger partial charge in [0.25, 0.3) is 0 Å². The van der Waals surface area contributed by atoms with Gasteiger partial charge in [0.05, 0.1) is 6.54 Å². The van der Waals surface area contributed by atoms with Crippen LogP contribution in [0, 0.1) is 0 Å². The molecule has 45 valence electrons. The zero-order valence-electron chi connectivity index (χ0n) is 3.46. The van der Waals surface area contributed by atoms with E-state index in [1.165, 1.54) is 0 Å². The van der Waals surface area contributed by atoms with Gasteiger partial charge in [-0.05, 0) is 6.08 Å². The highest BCUT2D eigenvalue weighted by molar-refractivity contribution is 5.75. The van der Waals surface area contributed by atoms with Gasteiger partial charge in [-0.15, -0.1) is 0 Å². The maximum atomic E-state index is 3.85. The average Bonchev–Trinajstić information content (AvgIpc) is 1.76. The summed E-state index contributed by atoms with van der Waals surface area (Å²) in [6.45, 7) is 0.889. The van der Waals surface area contributed by atoms with Crippen LogP contribution >= 0.6 is 0 Å². The third-order valence-electron chi connectivity index (χ3n) is 0.538. The first-order valence-corrected chi connectivity index (χ1v) is 1.65. The summed E-state index contributed by atoms with van der Waals surface area (Å²) in [6.07, 6.45) is 5.76. The van der Waals surface area contributed by atoms with Crippen LogP contribution < -0.4 is 0 Å². The molecule has 0 bridgehead atoms. The van der Waals surface area contributed by atoms with Gasteiger partial charge in [-0.3, -0.25) is 4.99 Å². The fraction of sp³-hybridized carbons (Fsp3) is 0.500. The number of allylic oxidation sites excluding steroid dienone is 1. The Hall–Kier alpha value is -0.525. The van der Waals surface area contributed by atoms with E-state index in [4.69, 9.17) is 0 Å². The van der Waals surface area contributed by atoms with Crippen molar-refractivity contribution in [2.75, 3.05) is 6.54 Å². The van der Waals surface area contributed by atoms with Gasteiger partial charge in [0, 0.05) is 14.6 Å². The minimum atomic E-state index is 0. The maximum absolute atomic E-state index is 3.85. The summed E-state index contributed by atoms with van der Waals surface area (Å²) in [5, 5.41) is 0. The molecule has 0 fully saturated rings. The highest BCUT2D eigenvalue weighted by Gasteiger charge is 1.72. The Bertz CT molecular complexity index is 66.6. The van der Waals surface area contributed by atoms with Gasteiger partial charge < -0.3 is 0 Å². The minimum absolute atomic E-state index is 0. The van der Waals surface area contributed by atoms with Crippen molar-refractivity contribution in [1.82, 2.24) is 0 Å².